The lowest BCUT2D eigenvalue weighted by Crippen LogP contribution is -2.44. The summed E-state index contributed by atoms with van der Waals surface area (Å²) in [4.78, 5) is 30.2. The Hall–Kier alpha value is -4.04. The molecule has 0 fully saturated rings. The van der Waals surface area contributed by atoms with Gasteiger partial charge in [-0.05, 0) is 25.5 Å². The van der Waals surface area contributed by atoms with E-state index in [0.717, 1.165) is 26.3 Å². The number of pyridine rings is 1. The van der Waals surface area contributed by atoms with E-state index in [1.54, 1.807) is 13.0 Å². The first-order valence-corrected chi connectivity index (χ1v) is 8.62. The minimum atomic E-state index is -1.22. The quantitative estimate of drug-likeness (QED) is 0.375. The van der Waals surface area contributed by atoms with Gasteiger partial charge < -0.3 is 5.73 Å². The molecular weight excluding hydrogens is 396 g/mol. The molecule has 2 heterocycles. The van der Waals surface area contributed by atoms with Crippen LogP contribution in [0.4, 0.5) is 25.8 Å². The Labute approximate surface area is 169 Å². The second-order valence-corrected chi connectivity index (χ2v) is 6.52. The second-order valence-electron chi connectivity index (χ2n) is 6.52. The summed E-state index contributed by atoms with van der Waals surface area (Å²) in [6, 6.07) is 4.87. The van der Waals surface area contributed by atoms with Crippen molar-refractivity contribution in [2.45, 2.75) is 20.4 Å². The van der Waals surface area contributed by atoms with Crippen LogP contribution in [0.3, 0.4) is 0 Å². The van der Waals surface area contributed by atoms with Gasteiger partial charge in [-0.1, -0.05) is 0 Å². The number of halogens is 2. The number of nitrogens with zero attached hydrogens (tertiary/aromatic N) is 5. The first-order chi connectivity index (χ1) is 14.2. The molecule has 3 rings (SSSR count). The van der Waals surface area contributed by atoms with Gasteiger partial charge >= 0.3 is 5.69 Å². The summed E-state index contributed by atoms with van der Waals surface area (Å²) >= 11 is 0. The molecule has 0 saturated carbocycles. The van der Waals surface area contributed by atoms with E-state index in [1.807, 2.05) is 6.07 Å². The van der Waals surface area contributed by atoms with Crippen molar-refractivity contribution < 1.29 is 8.78 Å². The number of nitrogens with two attached hydrogens (primary N) is 2. The van der Waals surface area contributed by atoms with Gasteiger partial charge in [0.2, 0.25) is 0 Å². The Balaban J connectivity index is 2.38. The van der Waals surface area contributed by atoms with Crippen LogP contribution >= 0.6 is 0 Å². The maximum Gasteiger partial charge on any atom is 0.336 e. The van der Waals surface area contributed by atoms with Crippen LogP contribution in [-0.2, 0) is 6.54 Å². The van der Waals surface area contributed by atoms with Crippen molar-refractivity contribution in [2.75, 3.05) is 10.7 Å². The number of hydrazine groups is 1. The van der Waals surface area contributed by atoms with Crippen molar-refractivity contribution in [1.29, 1.82) is 5.26 Å². The summed E-state index contributed by atoms with van der Waals surface area (Å²) in [6.07, 6.45) is 2.84. The molecule has 4 N–H and O–H groups in total. The van der Waals surface area contributed by atoms with Crippen LogP contribution in [0.2, 0.25) is 0 Å². The maximum atomic E-state index is 13.8. The highest BCUT2D eigenvalue weighted by Gasteiger charge is 2.24. The molecule has 0 atom stereocenters. The molecule has 11 heteroatoms. The number of hydrogen-bond acceptors (Lipinski definition) is 7. The zero-order valence-corrected chi connectivity index (χ0v) is 16.1. The first kappa shape index (κ1) is 20.7. The molecule has 154 valence electrons. The fourth-order valence-corrected chi connectivity index (χ4v) is 3.04. The fourth-order valence-electron chi connectivity index (χ4n) is 3.04. The third kappa shape index (κ3) is 3.40. The summed E-state index contributed by atoms with van der Waals surface area (Å²) in [5, 5.41) is 9.90. The van der Waals surface area contributed by atoms with Gasteiger partial charge in [-0.3, -0.25) is 19.4 Å². The summed E-state index contributed by atoms with van der Waals surface area (Å²) in [7, 11) is 0. The number of aryl methyl sites for hydroxylation is 1. The second kappa shape index (κ2) is 7.76. The first-order valence-electron chi connectivity index (χ1n) is 8.62. The summed E-state index contributed by atoms with van der Waals surface area (Å²) in [5.74, 6) is 3.66. The lowest BCUT2D eigenvalue weighted by atomic mass is 10.2. The van der Waals surface area contributed by atoms with Crippen LogP contribution in [0.5, 0.6) is 0 Å². The smallest absolute Gasteiger partial charge is 0.336 e. The van der Waals surface area contributed by atoms with Crippen LogP contribution in [-0.4, -0.2) is 14.1 Å². The Morgan fingerprint density at radius 2 is 1.83 bits per heavy atom. The molecule has 0 spiro atoms. The minimum Gasteiger partial charge on any atom is -0.397 e. The highest BCUT2D eigenvalue weighted by atomic mass is 19.2. The van der Waals surface area contributed by atoms with Crippen molar-refractivity contribution >= 4 is 17.1 Å². The van der Waals surface area contributed by atoms with Crippen LogP contribution in [0.25, 0.3) is 5.69 Å². The third-order valence-electron chi connectivity index (χ3n) is 4.49. The predicted octanol–water partition coefficient (Wildman–Crippen LogP) is 1.41. The molecule has 0 aliphatic rings. The molecule has 0 aliphatic carbocycles. The van der Waals surface area contributed by atoms with Crippen molar-refractivity contribution in [3.63, 3.8) is 0 Å². The molecule has 0 bridgehead atoms. The molecule has 0 amide bonds. The molecule has 9 nitrogen and oxygen atoms in total. The molecule has 0 radical (unpaired) electrons. The lowest BCUT2D eigenvalue weighted by molar-refractivity contribution is 0.509. The molecular formula is C19H17F2N7O2. The normalized spacial score (nSPS) is 10.7. The number of benzene rings is 1. The van der Waals surface area contributed by atoms with Crippen molar-refractivity contribution in [3.05, 3.63) is 74.3 Å². The lowest BCUT2D eigenvalue weighted by Gasteiger charge is -2.24. The number of aromatic nitrogens is 3. The monoisotopic (exact) mass is 413 g/mol. The Morgan fingerprint density at radius 1 is 1.17 bits per heavy atom. The van der Waals surface area contributed by atoms with Gasteiger partial charge in [0.15, 0.2) is 11.6 Å². The van der Waals surface area contributed by atoms with Crippen LogP contribution in [0, 0.1) is 36.8 Å². The standard InChI is InChI=1S/C19H17F2N7O2/c1-10-5-12(9-25-8-10)27-18(29)17(11(2)26(4-3-22)19(27)30)28(24)16-7-14(21)13(20)6-15(16)23/h5-9H,4,23-24H2,1-2H3. The van der Waals surface area contributed by atoms with Crippen molar-refractivity contribution in [3.8, 4) is 11.8 Å². The van der Waals surface area contributed by atoms with Crippen LogP contribution in [0.1, 0.15) is 11.3 Å². The number of hydrogen-bond donors (Lipinski definition) is 2. The van der Waals surface area contributed by atoms with Crippen molar-refractivity contribution in [2.24, 2.45) is 5.84 Å². The number of nitrogen functional groups attached to an aromatic ring is 1. The van der Waals surface area contributed by atoms with Crippen molar-refractivity contribution in [1.82, 2.24) is 14.1 Å². The topological polar surface area (TPSA) is 136 Å². The highest BCUT2D eigenvalue weighted by molar-refractivity contribution is 5.74. The van der Waals surface area contributed by atoms with Gasteiger partial charge in [0, 0.05) is 18.3 Å². The summed E-state index contributed by atoms with van der Waals surface area (Å²) in [6.45, 7) is 2.75. The molecule has 0 aliphatic heterocycles. The van der Waals surface area contributed by atoms with E-state index in [-0.39, 0.29) is 35.0 Å². The van der Waals surface area contributed by atoms with E-state index >= 15 is 0 Å². The van der Waals surface area contributed by atoms with Crippen LogP contribution < -0.4 is 27.8 Å². The van der Waals surface area contributed by atoms with E-state index in [0.29, 0.717) is 5.56 Å². The van der Waals surface area contributed by atoms with E-state index in [9.17, 15) is 18.4 Å². The largest absolute Gasteiger partial charge is 0.397 e. The van der Waals surface area contributed by atoms with Gasteiger partial charge in [0.1, 0.15) is 12.2 Å². The number of rotatable bonds is 4. The maximum absolute atomic E-state index is 13.8. The van der Waals surface area contributed by atoms with Gasteiger partial charge in [-0.15, -0.1) is 0 Å². The third-order valence-corrected chi connectivity index (χ3v) is 4.49. The Morgan fingerprint density at radius 3 is 2.47 bits per heavy atom. The average molecular weight is 413 g/mol. The van der Waals surface area contributed by atoms with E-state index in [1.165, 1.54) is 19.3 Å². The van der Waals surface area contributed by atoms with E-state index < -0.39 is 22.9 Å². The van der Waals surface area contributed by atoms with E-state index in [4.69, 9.17) is 16.8 Å². The van der Waals surface area contributed by atoms with E-state index in [2.05, 4.69) is 4.98 Å². The average Bonchev–Trinajstić information content (AvgIpc) is 2.68. The van der Waals surface area contributed by atoms with Gasteiger partial charge in [-0.2, -0.15) is 5.26 Å². The Kier molecular flexibility index (Phi) is 5.35. The SMILES string of the molecule is Cc1cncc(-n2c(=O)c(N(N)c3cc(F)c(F)cc3N)c(C)n(CC#N)c2=O)c1. The number of anilines is 3. The molecule has 1 aromatic carbocycles. The van der Waals surface area contributed by atoms with Crippen LogP contribution in [0.15, 0.2) is 40.2 Å². The molecule has 0 unspecified atom stereocenters. The molecule has 30 heavy (non-hydrogen) atoms. The molecule has 3 aromatic rings. The Bertz CT molecular complexity index is 1310. The molecule has 2 aromatic heterocycles. The zero-order chi connectivity index (χ0) is 22.2. The predicted molar refractivity (Wildman–Crippen MR) is 106 cm³/mol. The zero-order valence-electron chi connectivity index (χ0n) is 16.1. The van der Waals surface area contributed by atoms with Gasteiger partial charge in [0.05, 0.1) is 35.0 Å². The summed E-state index contributed by atoms with van der Waals surface area (Å²) in [5.41, 5.74) is 4.37. The van der Waals surface area contributed by atoms with Gasteiger partial charge in [0.25, 0.3) is 5.56 Å². The number of nitriles is 1. The summed E-state index contributed by atoms with van der Waals surface area (Å²) < 4.78 is 29.1. The van der Waals surface area contributed by atoms with Gasteiger partial charge in [-0.25, -0.2) is 24.0 Å². The minimum absolute atomic E-state index is 0.0510. The fraction of sp³-hybridized carbons (Fsp3) is 0.158. The molecule has 0 saturated heterocycles. The highest BCUT2D eigenvalue weighted by Crippen LogP contribution is 2.29.